The average Bonchev–Trinajstić information content (AvgIpc) is 2.38. The van der Waals surface area contributed by atoms with Crippen LogP contribution in [-0.4, -0.2) is 24.3 Å². The summed E-state index contributed by atoms with van der Waals surface area (Å²) >= 11 is 0. The van der Waals surface area contributed by atoms with E-state index < -0.39 is 5.97 Å². The molecule has 0 spiro atoms. The van der Waals surface area contributed by atoms with Crippen molar-refractivity contribution in [2.75, 3.05) is 13.2 Å². The lowest BCUT2D eigenvalue weighted by atomic mass is 9.97. The van der Waals surface area contributed by atoms with Crippen molar-refractivity contribution >= 4 is 5.97 Å². The Morgan fingerprint density at radius 1 is 1.75 bits per heavy atom. The quantitative estimate of drug-likeness (QED) is 0.638. The monoisotopic (exact) mass is 170 g/mol. The van der Waals surface area contributed by atoms with Gasteiger partial charge in [0.25, 0.3) is 0 Å². The van der Waals surface area contributed by atoms with Crippen molar-refractivity contribution in [1.29, 1.82) is 0 Å². The van der Waals surface area contributed by atoms with Gasteiger partial charge in [0.05, 0.1) is 13.2 Å². The fraction of sp³-hybridized carbons (Fsp3) is 0.667. The molecule has 1 fully saturated rings. The van der Waals surface area contributed by atoms with E-state index in [9.17, 15) is 4.79 Å². The molecule has 1 rings (SSSR count). The number of ether oxygens (including phenoxy) is 1. The second-order valence-corrected chi connectivity index (χ2v) is 3.08. The molecule has 1 unspecified atom stereocenters. The molecule has 0 aliphatic carbocycles. The minimum atomic E-state index is -0.801. The van der Waals surface area contributed by atoms with Gasteiger partial charge in [0.15, 0.2) is 0 Å². The van der Waals surface area contributed by atoms with Crippen molar-refractivity contribution in [2.45, 2.75) is 20.3 Å². The summed E-state index contributed by atoms with van der Waals surface area (Å²) < 4.78 is 5.18. The van der Waals surface area contributed by atoms with E-state index in [1.54, 1.807) is 0 Å². The molecule has 1 N–H and O–H groups in total. The second kappa shape index (κ2) is 3.72. The summed E-state index contributed by atoms with van der Waals surface area (Å²) in [4.78, 5) is 10.7. The van der Waals surface area contributed by atoms with Gasteiger partial charge in [-0.15, -0.1) is 0 Å². The number of hydrogen-bond acceptors (Lipinski definition) is 2. The second-order valence-electron chi connectivity index (χ2n) is 3.08. The SMILES string of the molecule is CC/C(C(=O)O)=C1\COCC1C. The lowest BCUT2D eigenvalue weighted by Crippen LogP contribution is -2.07. The van der Waals surface area contributed by atoms with Crippen molar-refractivity contribution in [3.63, 3.8) is 0 Å². The molecule has 1 heterocycles. The highest BCUT2D eigenvalue weighted by Crippen LogP contribution is 2.24. The first-order valence-electron chi connectivity index (χ1n) is 4.19. The standard InChI is InChI=1S/C9H14O3/c1-3-7(9(10)11)8-5-12-4-6(8)2/h6H,3-5H2,1-2H3,(H,10,11)/b8-7-. The first kappa shape index (κ1) is 9.26. The number of carbonyl (C=O) groups is 1. The van der Waals surface area contributed by atoms with Crippen LogP contribution in [0.2, 0.25) is 0 Å². The molecule has 0 saturated carbocycles. The fourth-order valence-electron chi connectivity index (χ4n) is 1.49. The third-order valence-electron chi connectivity index (χ3n) is 2.22. The maximum absolute atomic E-state index is 10.7. The Morgan fingerprint density at radius 2 is 2.42 bits per heavy atom. The zero-order chi connectivity index (χ0) is 9.14. The first-order valence-corrected chi connectivity index (χ1v) is 4.19. The van der Waals surface area contributed by atoms with Gasteiger partial charge in [-0.25, -0.2) is 4.79 Å². The van der Waals surface area contributed by atoms with E-state index >= 15 is 0 Å². The highest BCUT2D eigenvalue weighted by molar-refractivity contribution is 5.87. The molecule has 1 aliphatic rings. The predicted octanol–water partition coefficient (Wildman–Crippen LogP) is 1.44. The fourth-order valence-corrected chi connectivity index (χ4v) is 1.49. The molecule has 1 atom stereocenters. The van der Waals surface area contributed by atoms with Gasteiger partial charge in [-0.1, -0.05) is 13.8 Å². The number of carboxylic acids is 1. The Balaban J connectivity index is 2.91. The topological polar surface area (TPSA) is 46.5 Å². The molecular formula is C9H14O3. The van der Waals surface area contributed by atoms with Crippen LogP contribution in [0.25, 0.3) is 0 Å². The number of rotatable bonds is 2. The van der Waals surface area contributed by atoms with Crippen LogP contribution < -0.4 is 0 Å². The van der Waals surface area contributed by atoms with E-state index in [0.29, 0.717) is 25.2 Å². The maximum atomic E-state index is 10.7. The van der Waals surface area contributed by atoms with E-state index in [4.69, 9.17) is 9.84 Å². The largest absolute Gasteiger partial charge is 0.478 e. The minimum absolute atomic E-state index is 0.274. The van der Waals surface area contributed by atoms with Gasteiger partial charge < -0.3 is 9.84 Å². The zero-order valence-electron chi connectivity index (χ0n) is 7.46. The van der Waals surface area contributed by atoms with Crippen molar-refractivity contribution < 1.29 is 14.6 Å². The molecule has 12 heavy (non-hydrogen) atoms. The van der Waals surface area contributed by atoms with Gasteiger partial charge in [-0.05, 0) is 12.0 Å². The van der Waals surface area contributed by atoms with E-state index in [-0.39, 0.29) is 5.92 Å². The van der Waals surface area contributed by atoms with E-state index in [1.807, 2.05) is 13.8 Å². The van der Waals surface area contributed by atoms with Gasteiger partial charge >= 0.3 is 5.97 Å². The average molecular weight is 170 g/mol. The highest BCUT2D eigenvalue weighted by atomic mass is 16.5. The Kier molecular flexibility index (Phi) is 2.87. The van der Waals surface area contributed by atoms with Crippen molar-refractivity contribution in [2.24, 2.45) is 5.92 Å². The highest BCUT2D eigenvalue weighted by Gasteiger charge is 2.23. The van der Waals surface area contributed by atoms with Crippen LogP contribution in [0.5, 0.6) is 0 Å². The van der Waals surface area contributed by atoms with Crippen LogP contribution in [0.1, 0.15) is 20.3 Å². The molecule has 0 aromatic carbocycles. The molecule has 0 aromatic rings. The summed E-state index contributed by atoms with van der Waals surface area (Å²) in [6.45, 7) is 5.02. The van der Waals surface area contributed by atoms with Crippen LogP contribution in [-0.2, 0) is 9.53 Å². The first-order chi connectivity index (χ1) is 5.66. The van der Waals surface area contributed by atoms with Crippen molar-refractivity contribution in [1.82, 2.24) is 0 Å². The Labute approximate surface area is 72.0 Å². The van der Waals surface area contributed by atoms with Crippen LogP contribution in [0.15, 0.2) is 11.1 Å². The molecule has 0 amide bonds. The van der Waals surface area contributed by atoms with E-state index in [1.165, 1.54) is 0 Å². The molecule has 68 valence electrons. The third-order valence-corrected chi connectivity index (χ3v) is 2.22. The predicted molar refractivity (Wildman–Crippen MR) is 44.9 cm³/mol. The van der Waals surface area contributed by atoms with E-state index in [2.05, 4.69) is 0 Å². The molecule has 3 nitrogen and oxygen atoms in total. The Morgan fingerprint density at radius 3 is 2.75 bits per heavy atom. The third kappa shape index (κ3) is 1.67. The van der Waals surface area contributed by atoms with Gasteiger partial charge in [-0.2, -0.15) is 0 Å². The van der Waals surface area contributed by atoms with Crippen LogP contribution in [0.3, 0.4) is 0 Å². The summed E-state index contributed by atoms with van der Waals surface area (Å²) in [7, 11) is 0. The molecule has 1 saturated heterocycles. The summed E-state index contributed by atoms with van der Waals surface area (Å²) in [6, 6.07) is 0. The smallest absolute Gasteiger partial charge is 0.331 e. The molecule has 0 radical (unpaired) electrons. The summed E-state index contributed by atoms with van der Waals surface area (Å²) in [5.41, 5.74) is 1.49. The molecule has 3 heteroatoms. The van der Waals surface area contributed by atoms with Crippen molar-refractivity contribution in [3.05, 3.63) is 11.1 Å². The van der Waals surface area contributed by atoms with Gasteiger partial charge in [0.2, 0.25) is 0 Å². The minimum Gasteiger partial charge on any atom is -0.478 e. The molecular weight excluding hydrogens is 156 g/mol. The number of hydrogen-bond donors (Lipinski definition) is 1. The molecule has 0 aromatic heterocycles. The Hall–Kier alpha value is -0.830. The molecule has 0 bridgehead atoms. The summed E-state index contributed by atoms with van der Waals surface area (Å²) in [6.07, 6.45) is 0.582. The normalized spacial score (nSPS) is 27.3. The van der Waals surface area contributed by atoms with Crippen LogP contribution in [0.4, 0.5) is 0 Å². The lowest BCUT2D eigenvalue weighted by molar-refractivity contribution is -0.132. The summed E-state index contributed by atoms with van der Waals surface area (Å²) in [5, 5.41) is 8.84. The van der Waals surface area contributed by atoms with Crippen molar-refractivity contribution in [3.8, 4) is 0 Å². The number of carboxylic acid groups (broad SMARTS) is 1. The molecule has 1 aliphatic heterocycles. The van der Waals surface area contributed by atoms with Crippen LogP contribution >= 0.6 is 0 Å². The van der Waals surface area contributed by atoms with Gasteiger partial charge in [-0.3, -0.25) is 0 Å². The zero-order valence-corrected chi connectivity index (χ0v) is 7.46. The van der Waals surface area contributed by atoms with Gasteiger partial charge in [0, 0.05) is 11.5 Å². The Bertz CT molecular complexity index is 218. The van der Waals surface area contributed by atoms with E-state index in [0.717, 1.165) is 5.57 Å². The number of aliphatic carboxylic acids is 1. The lowest BCUT2D eigenvalue weighted by Gasteiger charge is -2.06. The maximum Gasteiger partial charge on any atom is 0.331 e. The summed E-state index contributed by atoms with van der Waals surface area (Å²) in [5.74, 6) is -0.527. The van der Waals surface area contributed by atoms with Gasteiger partial charge in [0.1, 0.15) is 0 Å². The van der Waals surface area contributed by atoms with Crippen LogP contribution in [0, 0.1) is 5.92 Å².